The summed E-state index contributed by atoms with van der Waals surface area (Å²) >= 11 is 5.03. The number of nitrogens with one attached hydrogen (secondary N) is 1. The normalized spacial score (nSPS) is 10.6. The first kappa shape index (κ1) is 18.6. The second kappa shape index (κ2) is 8.01. The zero-order valence-corrected chi connectivity index (χ0v) is 17.2. The van der Waals surface area contributed by atoms with Gasteiger partial charge < -0.3 is 10.1 Å². The number of aromatic nitrogens is 1. The molecule has 0 bridgehead atoms. The number of amides is 1. The predicted octanol–water partition coefficient (Wildman–Crippen LogP) is 5.13. The topological polar surface area (TPSA) is 51.2 Å². The highest BCUT2D eigenvalue weighted by atomic mass is 79.9. The van der Waals surface area contributed by atoms with E-state index in [2.05, 4.69) is 45.3 Å². The van der Waals surface area contributed by atoms with E-state index in [1.807, 2.05) is 31.2 Å². The van der Waals surface area contributed by atoms with Crippen LogP contribution in [-0.4, -0.2) is 18.0 Å². The van der Waals surface area contributed by atoms with Gasteiger partial charge in [-0.1, -0.05) is 24.3 Å². The molecule has 3 aromatic rings. The van der Waals surface area contributed by atoms with Crippen molar-refractivity contribution in [2.75, 3.05) is 7.11 Å². The average molecular weight is 431 g/mol. The number of methoxy groups -OCH3 is 1. The summed E-state index contributed by atoms with van der Waals surface area (Å²) in [5, 5.41) is 3.95. The molecule has 0 aliphatic carbocycles. The molecule has 3 rings (SSSR count). The van der Waals surface area contributed by atoms with Gasteiger partial charge in [0.1, 0.15) is 10.8 Å². The van der Waals surface area contributed by atoms with Gasteiger partial charge in [-0.3, -0.25) is 4.79 Å². The number of aryl methyl sites for hydroxylation is 2. The van der Waals surface area contributed by atoms with E-state index < -0.39 is 0 Å². The van der Waals surface area contributed by atoms with E-state index in [0.717, 1.165) is 25.6 Å². The monoisotopic (exact) mass is 430 g/mol. The van der Waals surface area contributed by atoms with E-state index in [-0.39, 0.29) is 5.91 Å². The third-order valence-corrected chi connectivity index (χ3v) is 5.98. The van der Waals surface area contributed by atoms with E-state index in [0.29, 0.717) is 17.9 Å². The van der Waals surface area contributed by atoms with E-state index in [1.54, 1.807) is 24.5 Å². The number of benzene rings is 2. The van der Waals surface area contributed by atoms with Crippen LogP contribution in [0.15, 0.2) is 46.9 Å². The molecule has 26 heavy (non-hydrogen) atoms. The summed E-state index contributed by atoms with van der Waals surface area (Å²) in [5.41, 5.74) is 3.81. The minimum atomic E-state index is -0.152. The Bertz CT molecular complexity index is 953. The maximum atomic E-state index is 12.5. The summed E-state index contributed by atoms with van der Waals surface area (Å²) in [6.07, 6.45) is 0. The third-order valence-electron chi connectivity index (χ3n) is 4.10. The Morgan fingerprint density at radius 1 is 1.23 bits per heavy atom. The Labute approximate surface area is 165 Å². The lowest BCUT2D eigenvalue weighted by Crippen LogP contribution is -2.23. The number of thiazole rings is 1. The van der Waals surface area contributed by atoms with Crippen molar-refractivity contribution in [2.45, 2.75) is 20.4 Å². The smallest absolute Gasteiger partial charge is 0.252 e. The molecule has 0 radical (unpaired) electrons. The first-order valence-electron chi connectivity index (χ1n) is 8.13. The van der Waals surface area contributed by atoms with Crippen molar-refractivity contribution in [2.24, 2.45) is 0 Å². The summed E-state index contributed by atoms with van der Waals surface area (Å²) < 4.78 is 5.93. The van der Waals surface area contributed by atoms with Crippen molar-refractivity contribution >= 4 is 33.2 Å². The standard InChI is InChI=1S/C20H19BrN2O2S/c1-12-6-4-5-7-15(12)20-23-13(2)18(26-20)11-22-19(24)16-10-14(25-3)8-9-17(16)21/h4-10H,11H2,1-3H3,(H,22,24). The average Bonchev–Trinajstić information content (AvgIpc) is 3.01. The number of ether oxygens (including phenoxy) is 1. The van der Waals surface area contributed by atoms with Gasteiger partial charge in [0.25, 0.3) is 5.91 Å². The van der Waals surface area contributed by atoms with Crippen molar-refractivity contribution in [1.82, 2.24) is 10.3 Å². The van der Waals surface area contributed by atoms with Crippen LogP contribution < -0.4 is 10.1 Å². The highest BCUT2D eigenvalue weighted by Crippen LogP contribution is 2.30. The highest BCUT2D eigenvalue weighted by molar-refractivity contribution is 9.10. The molecule has 2 aromatic carbocycles. The molecule has 6 heteroatoms. The second-order valence-corrected chi connectivity index (χ2v) is 7.81. The van der Waals surface area contributed by atoms with Gasteiger partial charge in [-0.25, -0.2) is 4.98 Å². The number of hydrogen-bond acceptors (Lipinski definition) is 4. The molecule has 1 heterocycles. The highest BCUT2D eigenvalue weighted by Gasteiger charge is 2.14. The van der Waals surface area contributed by atoms with Gasteiger partial charge in [0.15, 0.2) is 0 Å². The summed E-state index contributed by atoms with van der Waals surface area (Å²) in [4.78, 5) is 18.3. The first-order valence-corrected chi connectivity index (χ1v) is 9.74. The van der Waals surface area contributed by atoms with Gasteiger partial charge >= 0.3 is 0 Å². The van der Waals surface area contributed by atoms with Crippen LogP contribution in [0, 0.1) is 13.8 Å². The van der Waals surface area contributed by atoms with Crippen LogP contribution in [0.5, 0.6) is 5.75 Å². The lowest BCUT2D eigenvalue weighted by Gasteiger charge is -2.08. The number of halogens is 1. The maximum absolute atomic E-state index is 12.5. The van der Waals surface area contributed by atoms with E-state index in [9.17, 15) is 4.79 Å². The summed E-state index contributed by atoms with van der Waals surface area (Å²) in [6.45, 7) is 4.49. The lowest BCUT2D eigenvalue weighted by molar-refractivity contribution is 0.0950. The van der Waals surface area contributed by atoms with Crippen LogP contribution >= 0.6 is 27.3 Å². The Morgan fingerprint density at radius 3 is 2.73 bits per heavy atom. The maximum Gasteiger partial charge on any atom is 0.252 e. The molecule has 0 unspecified atom stereocenters. The lowest BCUT2D eigenvalue weighted by atomic mass is 10.1. The molecule has 0 saturated carbocycles. The van der Waals surface area contributed by atoms with Gasteiger partial charge in [-0.15, -0.1) is 11.3 Å². The Morgan fingerprint density at radius 2 is 2.00 bits per heavy atom. The zero-order valence-electron chi connectivity index (χ0n) is 14.8. The van der Waals surface area contributed by atoms with Crippen LogP contribution in [-0.2, 0) is 6.54 Å². The van der Waals surface area contributed by atoms with Gasteiger partial charge in [-0.05, 0) is 53.5 Å². The fourth-order valence-electron chi connectivity index (χ4n) is 2.58. The molecule has 0 aliphatic rings. The molecule has 0 fully saturated rings. The molecule has 1 N–H and O–H groups in total. The van der Waals surface area contributed by atoms with Gasteiger partial charge in [0.05, 0.1) is 24.9 Å². The van der Waals surface area contributed by atoms with Crippen LogP contribution in [0.25, 0.3) is 10.6 Å². The number of rotatable bonds is 5. The zero-order chi connectivity index (χ0) is 18.7. The minimum absolute atomic E-state index is 0.152. The molecule has 0 saturated heterocycles. The quantitative estimate of drug-likeness (QED) is 0.610. The molecule has 0 atom stereocenters. The third kappa shape index (κ3) is 3.97. The fourth-order valence-corrected chi connectivity index (χ4v) is 4.10. The molecule has 134 valence electrons. The van der Waals surface area contributed by atoms with Gasteiger partial charge in [0.2, 0.25) is 0 Å². The molecule has 0 aliphatic heterocycles. The molecular weight excluding hydrogens is 412 g/mol. The number of carbonyl (C=O) groups is 1. The van der Waals surface area contributed by atoms with Crippen LogP contribution in [0.2, 0.25) is 0 Å². The van der Waals surface area contributed by atoms with Gasteiger partial charge in [-0.2, -0.15) is 0 Å². The van der Waals surface area contributed by atoms with Gasteiger partial charge in [0, 0.05) is 14.9 Å². The fraction of sp³-hybridized carbons (Fsp3) is 0.200. The summed E-state index contributed by atoms with van der Waals surface area (Å²) in [5.74, 6) is 0.496. The number of carbonyl (C=O) groups excluding carboxylic acids is 1. The van der Waals surface area contributed by atoms with Crippen molar-refractivity contribution in [3.63, 3.8) is 0 Å². The van der Waals surface area contributed by atoms with Crippen molar-refractivity contribution in [1.29, 1.82) is 0 Å². The van der Waals surface area contributed by atoms with E-state index >= 15 is 0 Å². The van der Waals surface area contributed by atoms with Crippen molar-refractivity contribution in [3.05, 3.63) is 68.6 Å². The van der Waals surface area contributed by atoms with Crippen LogP contribution in [0.3, 0.4) is 0 Å². The SMILES string of the molecule is COc1ccc(Br)c(C(=O)NCc2sc(-c3ccccc3C)nc2C)c1. The second-order valence-electron chi connectivity index (χ2n) is 5.87. The number of hydrogen-bond donors (Lipinski definition) is 1. The molecule has 1 amide bonds. The minimum Gasteiger partial charge on any atom is -0.497 e. The number of nitrogens with zero attached hydrogens (tertiary/aromatic N) is 1. The van der Waals surface area contributed by atoms with Crippen LogP contribution in [0.1, 0.15) is 26.5 Å². The molecular formula is C20H19BrN2O2S. The van der Waals surface area contributed by atoms with E-state index in [1.165, 1.54) is 5.56 Å². The Kier molecular flexibility index (Phi) is 5.74. The molecule has 4 nitrogen and oxygen atoms in total. The van der Waals surface area contributed by atoms with Crippen molar-refractivity contribution < 1.29 is 9.53 Å². The summed E-state index contributed by atoms with van der Waals surface area (Å²) in [6, 6.07) is 13.5. The Hall–Kier alpha value is -2.18. The molecule has 1 aromatic heterocycles. The first-order chi connectivity index (χ1) is 12.5. The largest absolute Gasteiger partial charge is 0.497 e. The van der Waals surface area contributed by atoms with Crippen LogP contribution in [0.4, 0.5) is 0 Å². The summed E-state index contributed by atoms with van der Waals surface area (Å²) in [7, 11) is 1.58. The predicted molar refractivity (Wildman–Crippen MR) is 109 cm³/mol. The Balaban J connectivity index is 1.76. The van der Waals surface area contributed by atoms with Crippen molar-refractivity contribution in [3.8, 4) is 16.3 Å². The molecule has 0 spiro atoms. The van der Waals surface area contributed by atoms with E-state index in [4.69, 9.17) is 4.74 Å².